The summed E-state index contributed by atoms with van der Waals surface area (Å²) in [4.78, 5) is 3.30. The summed E-state index contributed by atoms with van der Waals surface area (Å²) in [6.07, 6.45) is 0. The number of nitrogens with zero attached hydrogens (tertiary/aromatic N) is 3. The Morgan fingerprint density at radius 3 is 2.50 bits per heavy atom. The standard InChI is InChI=1S/C13H22N4S/c1-7-16-11-10(8(2)15-16)14-12(18)17(11)9(3)13(4,5)6/h9H,7H2,1-6H3,(H,14,18). The molecule has 0 aliphatic heterocycles. The average molecular weight is 266 g/mol. The summed E-state index contributed by atoms with van der Waals surface area (Å²) >= 11 is 5.49. The van der Waals surface area contributed by atoms with Gasteiger partial charge < -0.3 is 4.98 Å². The number of aromatic amines is 1. The number of imidazole rings is 1. The van der Waals surface area contributed by atoms with Crippen molar-refractivity contribution in [2.45, 2.75) is 54.1 Å². The Morgan fingerprint density at radius 2 is 2.00 bits per heavy atom. The van der Waals surface area contributed by atoms with Crippen molar-refractivity contribution >= 4 is 23.4 Å². The van der Waals surface area contributed by atoms with Gasteiger partial charge in [0.2, 0.25) is 0 Å². The minimum absolute atomic E-state index is 0.157. The molecule has 1 unspecified atom stereocenters. The molecule has 2 aromatic rings. The minimum Gasteiger partial charge on any atom is -0.328 e. The van der Waals surface area contributed by atoms with E-state index >= 15 is 0 Å². The lowest BCUT2D eigenvalue weighted by Crippen LogP contribution is -2.22. The summed E-state index contributed by atoms with van der Waals surface area (Å²) in [6.45, 7) is 13.9. The number of aromatic nitrogens is 4. The van der Waals surface area contributed by atoms with Gasteiger partial charge in [-0.1, -0.05) is 20.8 Å². The van der Waals surface area contributed by atoms with Gasteiger partial charge in [-0.25, -0.2) is 4.68 Å². The van der Waals surface area contributed by atoms with Crippen LogP contribution in [0, 0.1) is 17.1 Å². The first-order valence-corrected chi connectivity index (χ1v) is 6.85. The van der Waals surface area contributed by atoms with Gasteiger partial charge >= 0.3 is 0 Å². The molecule has 0 bridgehead atoms. The van der Waals surface area contributed by atoms with E-state index in [-0.39, 0.29) is 5.41 Å². The highest BCUT2D eigenvalue weighted by atomic mass is 32.1. The number of hydrogen-bond acceptors (Lipinski definition) is 2. The van der Waals surface area contributed by atoms with Crippen LogP contribution < -0.4 is 0 Å². The number of fused-ring (bicyclic) bond motifs is 1. The Kier molecular flexibility index (Phi) is 3.13. The molecule has 0 radical (unpaired) electrons. The molecule has 2 heterocycles. The Balaban J connectivity index is 2.78. The van der Waals surface area contributed by atoms with Gasteiger partial charge in [0.15, 0.2) is 10.4 Å². The van der Waals surface area contributed by atoms with Crippen LogP contribution in [0.25, 0.3) is 11.2 Å². The fourth-order valence-electron chi connectivity index (χ4n) is 2.19. The number of rotatable bonds is 2. The highest BCUT2D eigenvalue weighted by Gasteiger charge is 2.26. The molecule has 0 aliphatic carbocycles. The molecule has 0 aliphatic rings. The third-order valence-electron chi connectivity index (χ3n) is 3.72. The maximum atomic E-state index is 5.49. The maximum absolute atomic E-state index is 5.49. The van der Waals surface area contributed by atoms with E-state index in [9.17, 15) is 0 Å². The molecule has 0 saturated heterocycles. The Bertz CT molecular complexity index is 624. The van der Waals surface area contributed by atoms with Crippen LogP contribution in [0.2, 0.25) is 0 Å². The molecule has 18 heavy (non-hydrogen) atoms. The van der Waals surface area contributed by atoms with Gasteiger partial charge in [0.05, 0.1) is 5.69 Å². The van der Waals surface area contributed by atoms with Gasteiger partial charge in [0.25, 0.3) is 0 Å². The molecule has 5 heteroatoms. The van der Waals surface area contributed by atoms with E-state index in [4.69, 9.17) is 12.2 Å². The van der Waals surface area contributed by atoms with Gasteiger partial charge in [0, 0.05) is 12.6 Å². The van der Waals surface area contributed by atoms with E-state index < -0.39 is 0 Å². The van der Waals surface area contributed by atoms with Gasteiger partial charge in [-0.05, 0) is 38.4 Å². The molecule has 100 valence electrons. The van der Waals surface area contributed by atoms with Crippen molar-refractivity contribution in [3.8, 4) is 0 Å². The molecular formula is C13H22N4S. The first-order chi connectivity index (χ1) is 8.27. The third-order valence-corrected chi connectivity index (χ3v) is 4.02. The third kappa shape index (κ3) is 1.90. The largest absolute Gasteiger partial charge is 0.328 e. The predicted octanol–water partition coefficient (Wildman–Crippen LogP) is 3.83. The van der Waals surface area contributed by atoms with Crippen LogP contribution >= 0.6 is 12.2 Å². The quantitative estimate of drug-likeness (QED) is 0.839. The first kappa shape index (κ1) is 13.3. The van der Waals surface area contributed by atoms with E-state index in [1.807, 2.05) is 11.6 Å². The van der Waals surface area contributed by atoms with E-state index in [1.54, 1.807) is 0 Å². The second-order valence-electron chi connectivity index (χ2n) is 5.94. The van der Waals surface area contributed by atoms with Crippen molar-refractivity contribution in [2.75, 3.05) is 0 Å². The van der Waals surface area contributed by atoms with Crippen LogP contribution in [-0.4, -0.2) is 19.3 Å². The van der Waals surface area contributed by atoms with Crippen molar-refractivity contribution in [1.82, 2.24) is 19.3 Å². The Morgan fingerprint density at radius 1 is 1.39 bits per heavy atom. The molecule has 2 aromatic heterocycles. The van der Waals surface area contributed by atoms with Crippen LogP contribution in [0.5, 0.6) is 0 Å². The molecule has 1 N–H and O–H groups in total. The molecule has 2 rings (SSSR count). The number of hydrogen-bond donors (Lipinski definition) is 1. The van der Waals surface area contributed by atoms with E-state index in [0.717, 1.165) is 28.2 Å². The van der Waals surface area contributed by atoms with Gasteiger partial charge in [-0.3, -0.25) is 4.57 Å². The summed E-state index contributed by atoms with van der Waals surface area (Å²) in [5, 5.41) is 4.55. The molecular weight excluding hydrogens is 244 g/mol. The second-order valence-corrected chi connectivity index (χ2v) is 6.33. The lowest BCUT2D eigenvalue weighted by atomic mass is 9.88. The van der Waals surface area contributed by atoms with E-state index in [1.165, 1.54) is 0 Å². The number of H-pyrrole nitrogens is 1. The zero-order valence-electron chi connectivity index (χ0n) is 12.0. The van der Waals surface area contributed by atoms with Gasteiger partial charge in [-0.2, -0.15) is 5.10 Å². The van der Waals surface area contributed by atoms with Crippen molar-refractivity contribution in [1.29, 1.82) is 0 Å². The van der Waals surface area contributed by atoms with Gasteiger partial charge in [-0.15, -0.1) is 0 Å². The predicted molar refractivity (Wildman–Crippen MR) is 77.5 cm³/mol. The molecule has 0 spiro atoms. The molecule has 0 fully saturated rings. The van der Waals surface area contributed by atoms with Crippen molar-refractivity contribution < 1.29 is 0 Å². The van der Waals surface area contributed by atoms with Crippen LogP contribution in [0.3, 0.4) is 0 Å². The van der Waals surface area contributed by atoms with E-state index in [2.05, 4.69) is 49.3 Å². The number of aryl methyl sites for hydroxylation is 2. The molecule has 0 aromatic carbocycles. The fourth-order valence-corrected chi connectivity index (χ4v) is 2.54. The second kappa shape index (κ2) is 4.23. The smallest absolute Gasteiger partial charge is 0.179 e. The highest BCUT2D eigenvalue weighted by Crippen LogP contribution is 2.33. The molecule has 4 nitrogen and oxygen atoms in total. The molecule has 0 saturated carbocycles. The lowest BCUT2D eigenvalue weighted by molar-refractivity contribution is 0.263. The van der Waals surface area contributed by atoms with Crippen molar-refractivity contribution in [3.05, 3.63) is 10.5 Å². The fraction of sp³-hybridized carbons (Fsp3) is 0.692. The zero-order valence-corrected chi connectivity index (χ0v) is 12.9. The topological polar surface area (TPSA) is 38.5 Å². The molecule has 0 amide bonds. The maximum Gasteiger partial charge on any atom is 0.179 e. The average Bonchev–Trinajstić information content (AvgIpc) is 2.74. The van der Waals surface area contributed by atoms with Crippen molar-refractivity contribution in [2.24, 2.45) is 5.41 Å². The molecule has 1 atom stereocenters. The lowest BCUT2D eigenvalue weighted by Gasteiger charge is -2.28. The van der Waals surface area contributed by atoms with Crippen LogP contribution in [0.4, 0.5) is 0 Å². The summed E-state index contributed by atoms with van der Waals surface area (Å²) in [5.41, 5.74) is 3.35. The normalized spacial score (nSPS) is 14.3. The summed E-state index contributed by atoms with van der Waals surface area (Å²) in [6, 6.07) is 0.320. The number of nitrogens with one attached hydrogen (secondary N) is 1. The monoisotopic (exact) mass is 266 g/mol. The minimum atomic E-state index is 0.157. The van der Waals surface area contributed by atoms with E-state index in [0.29, 0.717) is 6.04 Å². The summed E-state index contributed by atoms with van der Waals surface area (Å²) in [7, 11) is 0. The zero-order chi connectivity index (χ0) is 13.7. The van der Waals surface area contributed by atoms with Crippen LogP contribution in [-0.2, 0) is 6.54 Å². The Labute approximate surface area is 113 Å². The highest BCUT2D eigenvalue weighted by molar-refractivity contribution is 7.71. The summed E-state index contributed by atoms with van der Waals surface area (Å²) in [5.74, 6) is 0. The van der Waals surface area contributed by atoms with Crippen LogP contribution in [0.15, 0.2) is 0 Å². The SMILES string of the molecule is CCn1nc(C)c2[nH]c(=S)n(C(C)C(C)(C)C)c21. The Hall–Kier alpha value is -1.10. The van der Waals surface area contributed by atoms with Gasteiger partial charge in [0.1, 0.15) is 5.52 Å². The van der Waals surface area contributed by atoms with Crippen molar-refractivity contribution in [3.63, 3.8) is 0 Å². The van der Waals surface area contributed by atoms with Crippen LogP contribution in [0.1, 0.15) is 46.4 Å². The summed E-state index contributed by atoms with van der Waals surface area (Å²) < 4.78 is 5.02. The first-order valence-electron chi connectivity index (χ1n) is 6.45.